The van der Waals surface area contributed by atoms with Gasteiger partial charge in [-0.05, 0) is 30.3 Å². The van der Waals surface area contributed by atoms with Crippen LogP contribution >= 0.6 is 11.6 Å². The predicted molar refractivity (Wildman–Crippen MR) is 78.5 cm³/mol. The highest BCUT2D eigenvalue weighted by Gasteiger charge is 2.11. The van der Waals surface area contributed by atoms with Crippen molar-refractivity contribution in [1.29, 1.82) is 0 Å². The first-order valence-corrected chi connectivity index (χ1v) is 7.63. The second-order valence-corrected chi connectivity index (χ2v) is 6.10. The number of pyridine rings is 1. The fourth-order valence-corrected chi connectivity index (χ4v) is 2.76. The van der Waals surface area contributed by atoms with Crippen molar-refractivity contribution in [3.05, 3.63) is 58.7 Å². The molecule has 0 aliphatic rings. The van der Waals surface area contributed by atoms with Gasteiger partial charge in [0.15, 0.2) is 9.84 Å². The molecule has 0 saturated carbocycles. The van der Waals surface area contributed by atoms with Crippen LogP contribution in [0.25, 0.3) is 6.08 Å². The second kappa shape index (κ2) is 6.07. The minimum absolute atomic E-state index is 0.160. The molecule has 2 aromatic rings. The highest BCUT2D eigenvalue weighted by atomic mass is 35.5. The highest BCUT2D eigenvalue weighted by molar-refractivity contribution is 7.94. The second-order valence-electron chi connectivity index (χ2n) is 3.91. The van der Waals surface area contributed by atoms with Crippen molar-refractivity contribution in [2.45, 2.75) is 4.90 Å². The number of halogens is 1. The van der Waals surface area contributed by atoms with Crippen molar-refractivity contribution in [3.8, 4) is 5.75 Å². The lowest BCUT2D eigenvalue weighted by Gasteiger charge is -2.03. The van der Waals surface area contributed by atoms with Gasteiger partial charge >= 0.3 is 0 Å². The van der Waals surface area contributed by atoms with E-state index in [2.05, 4.69) is 4.98 Å². The van der Waals surface area contributed by atoms with E-state index in [0.29, 0.717) is 11.3 Å². The normalized spacial score (nSPS) is 11.7. The zero-order valence-electron chi connectivity index (χ0n) is 10.7. The van der Waals surface area contributed by atoms with Crippen LogP contribution in [0.1, 0.15) is 5.56 Å². The van der Waals surface area contributed by atoms with Gasteiger partial charge in [-0.2, -0.15) is 0 Å². The molecule has 0 amide bonds. The van der Waals surface area contributed by atoms with E-state index in [0.717, 1.165) is 5.41 Å². The third-order valence-corrected chi connectivity index (χ3v) is 4.31. The average molecular weight is 310 g/mol. The molecule has 0 saturated heterocycles. The summed E-state index contributed by atoms with van der Waals surface area (Å²) in [7, 11) is -2.07. The average Bonchev–Trinajstić information content (AvgIpc) is 2.46. The summed E-state index contributed by atoms with van der Waals surface area (Å²) in [4.78, 5) is 4.04. The maximum Gasteiger partial charge on any atom is 0.199 e. The molecular formula is C14H12ClNO3S. The van der Waals surface area contributed by atoms with Crippen LogP contribution in [0.5, 0.6) is 5.75 Å². The van der Waals surface area contributed by atoms with Crippen LogP contribution in [0.15, 0.2) is 52.9 Å². The monoisotopic (exact) mass is 309 g/mol. The van der Waals surface area contributed by atoms with Gasteiger partial charge in [0.25, 0.3) is 0 Å². The summed E-state index contributed by atoms with van der Waals surface area (Å²) in [5.74, 6) is 0.485. The number of benzene rings is 1. The van der Waals surface area contributed by atoms with E-state index in [1.54, 1.807) is 24.3 Å². The first-order chi connectivity index (χ1) is 9.53. The molecule has 1 aromatic carbocycles. The molecule has 0 bridgehead atoms. The number of hydrogen-bond donors (Lipinski definition) is 0. The minimum atomic E-state index is -3.55. The Morgan fingerprint density at radius 3 is 2.75 bits per heavy atom. The summed E-state index contributed by atoms with van der Waals surface area (Å²) in [5, 5.41) is 1.36. The number of ether oxygens (including phenoxy) is 1. The smallest absolute Gasteiger partial charge is 0.199 e. The molecule has 0 atom stereocenters. The Hall–Kier alpha value is -1.85. The molecule has 104 valence electrons. The quantitative estimate of drug-likeness (QED) is 0.814. The maximum atomic E-state index is 12.2. The van der Waals surface area contributed by atoms with Crippen LogP contribution in [-0.4, -0.2) is 20.5 Å². The number of sulfone groups is 1. The van der Waals surface area contributed by atoms with Gasteiger partial charge in [0, 0.05) is 17.2 Å². The Morgan fingerprint density at radius 2 is 2.05 bits per heavy atom. The molecule has 1 aromatic heterocycles. The van der Waals surface area contributed by atoms with E-state index >= 15 is 0 Å². The van der Waals surface area contributed by atoms with Gasteiger partial charge in [-0.25, -0.2) is 13.4 Å². The summed E-state index contributed by atoms with van der Waals surface area (Å²) in [6, 6.07) is 9.64. The predicted octanol–water partition coefficient (Wildman–Crippen LogP) is 3.19. The van der Waals surface area contributed by atoms with Gasteiger partial charge in [-0.3, -0.25) is 0 Å². The van der Waals surface area contributed by atoms with Crippen LogP contribution in [0.2, 0.25) is 5.15 Å². The lowest BCUT2D eigenvalue weighted by molar-refractivity contribution is 0.413. The van der Waals surface area contributed by atoms with Crippen molar-refractivity contribution in [1.82, 2.24) is 4.98 Å². The molecule has 0 unspecified atom stereocenters. The first-order valence-electron chi connectivity index (χ1n) is 5.71. The van der Waals surface area contributed by atoms with Crippen molar-refractivity contribution >= 4 is 27.5 Å². The van der Waals surface area contributed by atoms with Gasteiger partial charge in [0.2, 0.25) is 0 Å². The van der Waals surface area contributed by atoms with E-state index in [9.17, 15) is 8.42 Å². The zero-order valence-corrected chi connectivity index (χ0v) is 12.2. The largest absolute Gasteiger partial charge is 0.497 e. The Morgan fingerprint density at radius 1 is 1.25 bits per heavy atom. The maximum absolute atomic E-state index is 12.2. The minimum Gasteiger partial charge on any atom is -0.497 e. The van der Waals surface area contributed by atoms with Crippen LogP contribution in [0, 0.1) is 0 Å². The summed E-state index contributed by atoms with van der Waals surface area (Å²) in [5.41, 5.74) is 0.542. The number of hydrogen-bond acceptors (Lipinski definition) is 4. The van der Waals surface area contributed by atoms with Crippen LogP contribution < -0.4 is 4.74 Å². The molecule has 4 nitrogen and oxygen atoms in total. The number of aromatic nitrogens is 1. The van der Waals surface area contributed by atoms with Crippen molar-refractivity contribution in [3.63, 3.8) is 0 Å². The highest BCUT2D eigenvalue weighted by Crippen LogP contribution is 2.20. The van der Waals surface area contributed by atoms with Crippen LogP contribution in [0.3, 0.4) is 0 Å². The molecule has 20 heavy (non-hydrogen) atoms. The summed E-state index contributed by atoms with van der Waals surface area (Å²) in [6.45, 7) is 0. The van der Waals surface area contributed by atoms with Gasteiger partial charge in [0.05, 0.1) is 12.0 Å². The van der Waals surface area contributed by atoms with E-state index < -0.39 is 9.84 Å². The lowest BCUT2D eigenvalue weighted by atomic mass is 10.3. The molecule has 1 heterocycles. The van der Waals surface area contributed by atoms with Crippen molar-refractivity contribution in [2.24, 2.45) is 0 Å². The molecule has 0 fully saturated rings. The fraction of sp³-hybridized carbons (Fsp3) is 0.0714. The van der Waals surface area contributed by atoms with E-state index in [1.165, 1.54) is 31.5 Å². The fourth-order valence-electron chi connectivity index (χ4n) is 1.54. The standard InChI is InChI=1S/C14H12ClNO3S/c1-19-12-5-2-6-13(10-12)20(17,18)9-7-11-4-3-8-16-14(11)15/h2-10H,1H3/b9-7+. The van der Waals surface area contributed by atoms with Crippen LogP contribution in [0.4, 0.5) is 0 Å². The van der Waals surface area contributed by atoms with E-state index in [1.807, 2.05) is 0 Å². The first kappa shape index (κ1) is 14.6. The van der Waals surface area contributed by atoms with E-state index in [4.69, 9.17) is 16.3 Å². The Balaban J connectivity index is 2.34. The number of rotatable bonds is 4. The molecule has 2 rings (SSSR count). The molecule has 0 aliphatic carbocycles. The van der Waals surface area contributed by atoms with Gasteiger partial charge in [0.1, 0.15) is 10.9 Å². The Kier molecular flexibility index (Phi) is 4.42. The summed E-state index contributed by atoms with van der Waals surface area (Å²) >= 11 is 5.87. The third-order valence-electron chi connectivity index (χ3n) is 2.58. The molecule has 0 N–H and O–H groups in total. The molecular weight excluding hydrogens is 298 g/mol. The number of methoxy groups -OCH3 is 1. The Labute approximate surface area is 122 Å². The topological polar surface area (TPSA) is 56.3 Å². The molecule has 0 aliphatic heterocycles. The number of nitrogens with zero attached hydrogens (tertiary/aromatic N) is 1. The lowest BCUT2D eigenvalue weighted by Crippen LogP contribution is -1.96. The molecule has 0 radical (unpaired) electrons. The van der Waals surface area contributed by atoms with E-state index in [-0.39, 0.29) is 10.0 Å². The van der Waals surface area contributed by atoms with Gasteiger partial charge < -0.3 is 4.74 Å². The third kappa shape index (κ3) is 3.37. The van der Waals surface area contributed by atoms with Crippen molar-refractivity contribution < 1.29 is 13.2 Å². The van der Waals surface area contributed by atoms with Crippen LogP contribution in [-0.2, 0) is 9.84 Å². The molecule has 0 spiro atoms. The van der Waals surface area contributed by atoms with Crippen molar-refractivity contribution in [2.75, 3.05) is 7.11 Å². The summed E-state index contributed by atoms with van der Waals surface area (Å²) < 4.78 is 29.4. The zero-order chi connectivity index (χ0) is 14.6. The molecule has 6 heteroatoms. The SMILES string of the molecule is COc1cccc(S(=O)(=O)/C=C/c2cccnc2Cl)c1. The van der Waals surface area contributed by atoms with Gasteiger partial charge in [-0.1, -0.05) is 23.7 Å². The Bertz CT molecular complexity index is 742. The summed E-state index contributed by atoms with van der Waals surface area (Å²) in [6.07, 6.45) is 2.96. The van der Waals surface area contributed by atoms with Gasteiger partial charge in [-0.15, -0.1) is 0 Å².